The van der Waals surface area contributed by atoms with Crippen LogP contribution in [0.3, 0.4) is 0 Å². The van der Waals surface area contributed by atoms with E-state index in [9.17, 15) is 0 Å². The molecule has 0 saturated heterocycles. The molecular weight excluding hydrogens is 278 g/mol. The number of unbranched alkanes of at least 4 members (excludes halogenated alkanes) is 6. The summed E-state index contributed by atoms with van der Waals surface area (Å²) in [6.07, 6.45) is 10.3. The Morgan fingerprint density at radius 1 is 1.14 bits per heavy atom. The largest absolute Gasteiger partial charge is 0.383 e. The van der Waals surface area contributed by atoms with Gasteiger partial charge in [0, 0.05) is 11.9 Å². The third-order valence-corrected chi connectivity index (χ3v) is 4.84. The van der Waals surface area contributed by atoms with Crippen molar-refractivity contribution in [3.8, 4) is 10.4 Å². The summed E-state index contributed by atoms with van der Waals surface area (Å²) < 4.78 is 1.81. The maximum absolute atomic E-state index is 6.19. The van der Waals surface area contributed by atoms with Crippen molar-refractivity contribution >= 4 is 17.2 Å². The molecule has 0 bridgehead atoms. The summed E-state index contributed by atoms with van der Waals surface area (Å²) in [5, 5.41) is 6.71. The second-order valence-electron chi connectivity index (χ2n) is 5.68. The van der Waals surface area contributed by atoms with E-state index in [4.69, 9.17) is 5.73 Å². The molecule has 3 nitrogen and oxygen atoms in total. The monoisotopic (exact) mass is 305 g/mol. The van der Waals surface area contributed by atoms with Crippen molar-refractivity contribution in [1.82, 2.24) is 9.78 Å². The molecule has 2 N–H and O–H groups in total. The van der Waals surface area contributed by atoms with Gasteiger partial charge in [-0.1, -0.05) is 51.5 Å². The van der Waals surface area contributed by atoms with E-state index in [1.54, 1.807) is 11.3 Å². The highest BCUT2D eigenvalue weighted by Crippen LogP contribution is 2.33. The number of aromatic nitrogens is 2. The van der Waals surface area contributed by atoms with Crippen molar-refractivity contribution in [3.63, 3.8) is 0 Å². The standard InChI is InChI=1S/C17H27N3S/c1-3-4-5-6-7-8-9-11-14-16(15-12-10-13-21-15)17(18)20(2)19-14/h10,12-13H,3-9,11,18H2,1-2H3. The fraction of sp³-hybridized carbons (Fsp3) is 0.588. The molecule has 2 aromatic rings. The molecule has 0 amide bonds. The maximum Gasteiger partial charge on any atom is 0.130 e. The van der Waals surface area contributed by atoms with Gasteiger partial charge in [0.05, 0.1) is 11.3 Å². The molecule has 2 aromatic heterocycles. The van der Waals surface area contributed by atoms with Gasteiger partial charge in [-0.25, -0.2) is 0 Å². The molecule has 0 aliphatic rings. The number of nitrogen functional groups attached to an aromatic ring is 1. The number of anilines is 1. The Kier molecular flexibility index (Phi) is 6.30. The third-order valence-electron chi connectivity index (χ3n) is 3.95. The zero-order valence-electron chi connectivity index (χ0n) is 13.3. The molecule has 0 unspecified atom stereocenters. The molecule has 0 fully saturated rings. The first kappa shape index (κ1) is 16.1. The van der Waals surface area contributed by atoms with Gasteiger partial charge in [-0.15, -0.1) is 11.3 Å². The molecule has 2 rings (SSSR count). The summed E-state index contributed by atoms with van der Waals surface area (Å²) in [7, 11) is 1.93. The summed E-state index contributed by atoms with van der Waals surface area (Å²) in [6, 6.07) is 4.20. The van der Waals surface area contributed by atoms with E-state index in [0.717, 1.165) is 23.5 Å². The fourth-order valence-electron chi connectivity index (χ4n) is 2.71. The number of aryl methyl sites for hydroxylation is 2. The molecule has 0 spiro atoms. The summed E-state index contributed by atoms with van der Waals surface area (Å²) in [4.78, 5) is 1.23. The van der Waals surface area contributed by atoms with E-state index in [1.807, 2.05) is 11.7 Å². The van der Waals surface area contributed by atoms with Gasteiger partial charge in [0.25, 0.3) is 0 Å². The Morgan fingerprint density at radius 2 is 1.86 bits per heavy atom. The SMILES string of the molecule is CCCCCCCCCc1nn(C)c(N)c1-c1cccs1. The molecule has 0 radical (unpaired) electrons. The van der Waals surface area contributed by atoms with Crippen LogP contribution in [0.2, 0.25) is 0 Å². The minimum absolute atomic E-state index is 0.787. The van der Waals surface area contributed by atoms with Crippen LogP contribution in [0.4, 0.5) is 5.82 Å². The second-order valence-corrected chi connectivity index (χ2v) is 6.63. The number of nitrogens with two attached hydrogens (primary N) is 1. The zero-order valence-corrected chi connectivity index (χ0v) is 14.1. The van der Waals surface area contributed by atoms with E-state index >= 15 is 0 Å². The van der Waals surface area contributed by atoms with Crippen LogP contribution in [-0.2, 0) is 13.5 Å². The number of rotatable bonds is 9. The van der Waals surface area contributed by atoms with Gasteiger partial charge >= 0.3 is 0 Å². The smallest absolute Gasteiger partial charge is 0.130 e. The minimum atomic E-state index is 0.787. The number of hydrogen-bond acceptors (Lipinski definition) is 3. The van der Waals surface area contributed by atoms with E-state index in [0.29, 0.717) is 0 Å². The lowest BCUT2D eigenvalue weighted by Crippen LogP contribution is -1.97. The fourth-order valence-corrected chi connectivity index (χ4v) is 3.51. The topological polar surface area (TPSA) is 43.8 Å². The van der Waals surface area contributed by atoms with Crippen molar-refractivity contribution in [1.29, 1.82) is 0 Å². The van der Waals surface area contributed by atoms with Crippen LogP contribution < -0.4 is 5.73 Å². The molecule has 0 aliphatic heterocycles. The molecule has 0 saturated carbocycles. The van der Waals surface area contributed by atoms with E-state index in [2.05, 4.69) is 29.5 Å². The lowest BCUT2D eigenvalue weighted by atomic mass is 10.0. The molecule has 0 aromatic carbocycles. The van der Waals surface area contributed by atoms with Crippen LogP contribution in [0.5, 0.6) is 0 Å². The van der Waals surface area contributed by atoms with Crippen LogP contribution in [-0.4, -0.2) is 9.78 Å². The molecular formula is C17H27N3S. The van der Waals surface area contributed by atoms with Crippen LogP contribution >= 0.6 is 11.3 Å². The molecule has 116 valence electrons. The van der Waals surface area contributed by atoms with Crippen molar-refractivity contribution in [2.45, 2.75) is 58.3 Å². The third kappa shape index (κ3) is 4.34. The molecule has 0 atom stereocenters. The van der Waals surface area contributed by atoms with Gasteiger partial charge in [-0.2, -0.15) is 5.10 Å². The minimum Gasteiger partial charge on any atom is -0.383 e. The normalized spacial score (nSPS) is 11.1. The molecule has 4 heteroatoms. The lowest BCUT2D eigenvalue weighted by Gasteiger charge is -2.02. The second kappa shape index (κ2) is 8.23. The van der Waals surface area contributed by atoms with Crippen molar-refractivity contribution < 1.29 is 0 Å². The Labute approximate surface area is 132 Å². The van der Waals surface area contributed by atoms with Crippen LogP contribution in [0.25, 0.3) is 10.4 Å². The quantitative estimate of drug-likeness (QED) is 0.661. The number of nitrogens with zero attached hydrogens (tertiary/aromatic N) is 2. The number of hydrogen-bond donors (Lipinski definition) is 1. The average Bonchev–Trinajstić information content (AvgIpc) is 3.07. The zero-order chi connectivity index (χ0) is 15.1. The molecule has 21 heavy (non-hydrogen) atoms. The number of thiophene rings is 1. The van der Waals surface area contributed by atoms with Crippen LogP contribution in [0.1, 0.15) is 57.6 Å². The first-order chi connectivity index (χ1) is 10.2. The highest BCUT2D eigenvalue weighted by atomic mass is 32.1. The summed E-state index contributed by atoms with van der Waals surface area (Å²) >= 11 is 1.74. The van der Waals surface area contributed by atoms with Gasteiger partial charge in [-0.05, 0) is 24.3 Å². The van der Waals surface area contributed by atoms with Crippen LogP contribution in [0, 0.1) is 0 Å². The Bertz CT molecular complexity index is 528. The highest BCUT2D eigenvalue weighted by Gasteiger charge is 2.15. The summed E-state index contributed by atoms with van der Waals surface area (Å²) in [5.74, 6) is 0.787. The first-order valence-corrected chi connectivity index (χ1v) is 8.97. The Balaban J connectivity index is 1.88. The van der Waals surface area contributed by atoms with E-state index in [-0.39, 0.29) is 0 Å². The van der Waals surface area contributed by atoms with E-state index < -0.39 is 0 Å². The Hall–Kier alpha value is -1.29. The molecule has 2 heterocycles. The summed E-state index contributed by atoms with van der Waals surface area (Å²) in [6.45, 7) is 2.26. The predicted octanol–water partition coefficient (Wildman–Crippen LogP) is 5.02. The highest BCUT2D eigenvalue weighted by molar-refractivity contribution is 7.13. The maximum atomic E-state index is 6.19. The van der Waals surface area contributed by atoms with Gasteiger partial charge in [0.1, 0.15) is 5.82 Å². The lowest BCUT2D eigenvalue weighted by molar-refractivity contribution is 0.585. The summed E-state index contributed by atoms with van der Waals surface area (Å²) in [5.41, 5.74) is 8.50. The van der Waals surface area contributed by atoms with Gasteiger partial charge in [0.15, 0.2) is 0 Å². The van der Waals surface area contributed by atoms with Crippen molar-refractivity contribution in [2.75, 3.05) is 5.73 Å². The Morgan fingerprint density at radius 3 is 2.52 bits per heavy atom. The van der Waals surface area contributed by atoms with Crippen LogP contribution in [0.15, 0.2) is 17.5 Å². The van der Waals surface area contributed by atoms with Crippen molar-refractivity contribution in [3.05, 3.63) is 23.2 Å². The van der Waals surface area contributed by atoms with Gasteiger partial charge in [0.2, 0.25) is 0 Å². The van der Waals surface area contributed by atoms with Crippen molar-refractivity contribution in [2.24, 2.45) is 7.05 Å². The first-order valence-electron chi connectivity index (χ1n) is 8.09. The van der Waals surface area contributed by atoms with E-state index in [1.165, 1.54) is 49.8 Å². The molecule has 0 aliphatic carbocycles. The van der Waals surface area contributed by atoms with Gasteiger partial charge < -0.3 is 5.73 Å². The predicted molar refractivity (Wildman–Crippen MR) is 92.6 cm³/mol. The van der Waals surface area contributed by atoms with Gasteiger partial charge in [-0.3, -0.25) is 4.68 Å². The average molecular weight is 305 g/mol.